The van der Waals surface area contributed by atoms with Crippen molar-refractivity contribution in [2.75, 3.05) is 17.5 Å². The average Bonchev–Trinajstić information content (AvgIpc) is 3.10. The number of sulfonamides is 1. The molecule has 0 unspecified atom stereocenters. The Morgan fingerprint density at radius 1 is 0.878 bits per heavy atom. The Labute approximate surface area is 295 Å². The fourth-order valence-corrected chi connectivity index (χ4v) is 7.80. The van der Waals surface area contributed by atoms with E-state index in [0.29, 0.717) is 23.1 Å². The molecule has 0 heterocycles. The summed E-state index contributed by atoms with van der Waals surface area (Å²) in [6.07, 6.45) is 5.22. The Bertz CT molecular complexity index is 1790. The van der Waals surface area contributed by atoms with Gasteiger partial charge in [-0.15, -0.1) is 0 Å². The molecule has 5 rings (SSSR count). The lowest BCUT2D eigenvalue weighted by Crippen LogP contribution is -2.55. The molecule has 8 nitrogen and oxygen atoms in total. The van der Waals surface area contributed by atoms with E-state index in [-0.39, 0.29) is 29.8 Å². The normalized spacial score (nSPS) is 14.1. The second-order valence-corrected chi connectivity index (χ2v) is 14.8. The number of benzene rings is 4. The number of rotatable bonds is 14. The molecule has 1 aliphatic rings. The second kappa shape index (κ2) is 16.9. The van der Waals surface area contributed by atoms with Gasteiger partial charge >= 0.3 is 0 Å². The van der Waals surface area contributed by atoms with Gasteiger partial charge in [-0.2, -0.15) is 0 Å². The Morgan fingerprint density at radius 2 is 1.55 bits per heavy atom. The number of carbonyl (C=O) groups excluding carboxylic acids is 2. The van der Waals surface area contributed by atoms with E-state index in [1.165, 1.54) is 17.0 Å². The van der Waals surface area contributed by atoms with Crippen LogP contribution in [0.15, 0.2) is 108 Å². The van der Waals surface area contributed by atoms with Gasteiger partial charge in [0.25, 0.3) is 10.0 Å². The maximum absolute atomic E-state index is 14.7. The third kappa shape index (κ3) is 9.64. The van der Waals surface area contributed by atoms with Gasteiger partial charge in [0.05, 0.1) is 17.2 Å². The molecule has 0 aliphatic heterocycles. The molecule has 0 radical (unpaired) electrons. The summed E-state index contributed by atoms with van der Waals surface area (Å²) in [4.78, 5) is 30.5. The Hall–Kier alpha value is -4.34. The first-order chi connectivity index (χ1) is 23.6. The van der Waals surface area contributed by atoms with Crippen LogP contribution in [0.2, 0.25) is 5.02 Å². The van der Waals surface area contributed by atoms with E-state index in [1.807, 2.05) is 50.2 Å². The summed E-state index contributed by atoms with van der Waals surface area (Å²) in [6, 6.07) is 28.9. The van der Waals surface area contributed by atoms with Crippen LogP contribution in [0.4, 0.5) is 5.69 Å². The zero-order chi connectivity index (χ0) is 34.8. The highest BCUT2D eigenvalue weighted by atomic mass is 35.5. The predicted octanol–water partition coefficient (Wildman–Crippen LogP) is 7.33. The molecule has 1 aliphatic carbocycles. The molecule has 2 amide bonds. The van der Waals surface area contributed by atoms with Crippen molar-refractivity contribution in [2.24, 2.45) is 0 Å². The van der Waals surface area contributed by atoms with Crippen molar-refractivity contribution in [3.63, 3.8) is 0 Å². The summed E-state index contributed by atoms with van der Waals surface area (Å²) >= 11 is 6.37. The van der Waals surface area contributed by atoms with Crippen LogP contribution in [0.25, 0.3) is 0 Å². The number of carbonyl (C=O) groups is 2. The van der Waals surface area contributed by atoms with Crippen LogP contribution in [-0.4, -0.2) is 50.4 Å². The SMILES string of the molecule is CCOc1ccc(N(CC(=O)N(Cc2cccc(Cl)c2)[C@@H](Cc2ccccc2)C(=O)NC2CCCCC2)S(=O)(=O)c2ccc(C)cc2)cc1. The van der Waals surface area contributed by atoms with Gasteiger partial charge in [-0.05, 0) is 86.3 Å². The molecule has 1 atom stereocenters. The molecule has 10 heteroatoms. The minimum atomic E-state index is -4.21. The summed E-state index contributed by atoms with van der Waals surface area (Å²) in [6.45, 7) is 3.71. The second-order valence-electron chi connectivity index (χ2n) is 12.5. The number of halogens is 1. The maximum Gasteiger partial charge on any atom is 0.264 e. The Balaban J connectivity index is 1.56. The summed E-state index contributed by atoms with van der Waals surface area (Å²) in [5, 5.41) is 3.73. The van der Waals surface area contributed by atoms with Crippen molar-refractivity contribution in [1.29, 1.82) is 0 Å². The summed E-state index contributed by atoms with van der Waals surface area (Å²) in [5.41, 5.74) is 2.80. The number of hydrogen-bond donors (Lipinski definition) is 1. The molecule has 1 fully saturated rings. The van der Waals surface area contributed by atoms with Gasteiger partial charge < -0.3 is 15.0 Å². The molecular formula is C39H44ClN3O5S. The summed E-state index contributed by atoms with van der Waals surface area (Å²) in [7, 11) is -4.21. The zero-order valence-electron chi connectivity index (χ0n) is 28.1. The van der Waals surface area contributed by atoms with Crippen LogP contribution >= 0.6 is 11.6 Å². The lowest BCUT2D eigenvalue weighted by Gasteiger charge is -2.35. The number of ether oxygens (including phenoxy) is 1. The standard InChI is InChI=1S/C39H44ClN3O5S/c1-3-48-35-21-19-34(20-22-35)43(49(46,47)36-23-17-29(2)18-24-36)28-38(44)42(27-31-13-10-14-32(40)25-31)37(26-30-11-6-4-7-12-30)39(45)41-33-15-8-5-9-16-33/h4,6-7,10-14,17-25,33,37H,3,5,8-9,15-16,26-28H2,1-2H3,(H,41,45)/t37-/m0/s1. The largest absolute Gasteiger partial charge is 0.494 e. The van der Waals surface area contributed by atoms with E-state index < -0.39 is 28.5 Å². The number of nitrogens with one attached hydrogen (secondary N) is 1. The van der Waals surface area contributed by atoms with Crippen LogP contribution < -0.4 is 14.4 Å². The van der Waals surface area contributed by atoms with Crippen molar-refractivity contribution >= 4 is 39.1 Å². The van der Waals surface area contributed by atoms with Gasteiger partial charge in [0.15, 0.2) is 0 Å². The zero-order valence-corrected chi connectivity index (χ0v) is 29.6. The number of nitrogens with zero attached hydrogens (tertiary/aromatic N) is 2. The van der Waals surface area contributed by atoms with Gasteiger partial charge in [0, 0.05) is 24.0 Å². The first-order valence-corrected chi connectivity index (χ1v) is 18.7. The van der Waals surface area contributed by atoms with E-state index in [2.05, 4.69) is 5.32 Å². The molecular weight excluding hydrogens is 658 g/mol. The van der Waals surface area contributed by atoms with Crippen LogP contribution in [0.3, 0.4) is 0 Å². The minimum absolute atomic E-state index is 0.0184. The molecule has 1 saturated carbocycles. The molecule has 1 N–H and O–H groups in total. The van der Waals surface area contributed by atoms with E-state index in [9.17, 15) is 18.0 Å². The van der Waals surface area contributed by atoms with Crippen molar-refractivity contribution in [1.82, 2.24) is 10.2 Å². The van der Waals surface area contributed by atoms with Gasteiger partial charge in [-0.25, -0.2) is 8.42 Å². The van der Waals surface area contributed by atoms with Crippen LogP contribution in [0.5, 0.6) is 5.75 Å². The topological polar surface area (TPSA) is 96.0 Å². The maximum atomic E-state index is 14.7. The third-order valence-corrected chi connectivity index (χ3v) is 10.8. The number of anilines is 1. The highest BCUT2D eigenvalue weighted by molar-refractivity contribution is 7.92. The molecule has 4 aromatic rings. The Morgan fingerprint density at radius 3 is 2.20 bits per heavy atom. The van der Waals surface area contributed by atoms with Gasteiger partial charge in [-0.1, -0.05) is 91.0 Å². The fourth-order valence-electron chi connectivity index (χ4n) is 6.17. The lowest BCUT2D eigenvalue weighted by molar-refractivity contribution is -0.140. The molecule has 0 aromatic heterocycles. The third-order valence-electron chi connectivity index (χ3n) is 8.79. The van der Waals surface area contributed by atoms with E-state index in [0.717, 1.165) is 53.1 Å². The van der Waals surface area contributed by atoms with Crippen molar-refractivity contribution < 1.29 is 22.7 Å². The molecule has 258 valence electrons. The first kappa shape index (κ1) is 36.0. The van der Waals surface area contributed by atoms with Crippen LogP contribution in [-0.2, 0) is 32.6 Å². The number of amides is 2. The molecule has 49 heavy (non-hydrogen) atoms. The first-order valence-electron chi connectivity index (χ1n) is 16.8. The minimum Gasteiger partial charge on any atom is -0.494 e. The Kier molecular flexibility index (Phi) is 12.4. The van der Waals surface area contributed by atoms with E-state index in [4.69, 9.17) is 16.3 Å². The quantitative estimate of drug-likeness (QED) is 0.149. The molecule has 4 aromatic carbocycles. The highest BCUT2D eigenvalue weighted by Gasteiger charge is 2.35. The predicted molar refractivity (Wildman–Crippen MR) is 194 cm³/mol. The average molecular weight is 702 g/mol. The highest BCUT2D eigenvalue weighted by Crippen LogP contribution is 2.28. The molecule has 0 spiro atoms. The van der Waals surface area contributed by atoms with Gasteiger partial charge in [-0.3, -0.25) is 13.9 Å². The van der Waals surface area contributed by atoms with Crippen molar-refractivity contribution in [2.45, 2.75) is 75.9 Å². The number of hydrogen-bond acceptors (Lipinski definition) is 5. The van der Waals surface area contributed by atoms with Crippen molar-refractivity contribution in [3.8, 4) is 5.75 Å². The summed E-state index contributed by atoms with van der Waals surface area (Å²) < 4.78 is 35.3. The monoisotopic (exact) mass is 701 g/mol. The van der Waals surface area contributed by atoms with Gasteiger partial charge in [0.2, 0.25) is 11.8 Å². The summed E-state index contributed by atoms with van der Waals surface area (Å²) in [5.74, 6) is -0.209. The van der Waals surface area contributed by atoms with Crippen LogP contribution in [0.1, 0.15) is 55.7 Å². The van der Waals surface area contributed by atoms with Crippen molar-refractivity contribution in [3.05, 3.63) is 125 Å². The smallest absolute Gasteiger partial charge is 0.264 e. The molecule has 0 bridgehead atoms. The van der Waals surface area contributed by atoms with Gasteiger partial charge in [0.1, 0.15) is 18.3 Å². The number of aryl methyl sites for hydroxylation is 1. The fraction of sp³-hybridized carbons (Fsp3) is 0.333. The van der Waals surface area contributed by atoms with E-state index in [1.54, 1.807) is 54.6 Å². The van der Waals surface area contributed by atoms with Crippen LogP contribution in [0, 0.1) is 6.92 Å². The lowest BCUT2D eigenvalue weighted by atomic mass is 9.94. The molecule has 0 saturated heterocycles. The van der Waals surface area contributed by atoms with E-state index >= 15 is 0 Å².